The highest BCUT2D eigenvalue weighted by atomic mass is 16.3. The number of aliphatic hydroxyl groups is 1. The molecule has 2 heterocycles. The third-order valence-electron chi connectivity index (χ3n) is 4.36. The second-order valence-electron chi connectivity index (χ2n) is 6.63. The van der Waals surface area contributed by atoms with E-state index in [1.54, 1.807) is 22.5 Å². The summed E-state index contributed by atoms with van der Waals surface area (Å²) in [7, 11) is 1.71. The lowest BCUT2D eigenvalue weighted by Crippen LogP contribution is -2.30. The van der Waals surface area contributed by atoms with E-state index in [9.17, 15) is 9.90 Å². The van der Waals surface area contributed by atoms with Gasteiger partial charge in [0.05, 0.1) is 11.8 Å². The van der Waals surface area contributed by atoms with Crippen molar-refractivity contribution in [3.8, 4) is 0 Å². The first kappa shape index (κ1) is 18.0. The minimum atomic E-state index is -0.607. The monoisotopic (exact) mass is 353 g/mol. The predicted molar refractivity (Wildman–Crippen MR) is 97.9 cm³/mol. The van der Waals surface area contributed by atoms with Crippen LogP contribution in [0.3, 0.4) is 0 Å². The Morgan fingerprint density at radius 3 is 2.69 bits per heavy atom. The van der Waals surface area contributed by atoms with Crippen molar-refractivity contribution < 1.29 is 9.90 Å². The zero-order valence-electron chi connectivity index (χ0n) is 15.2. The molecule has 7 nitrogen and oxygen atoms in total. The Balaban J connectivity index is 1.73. The number of carbonyl (C=O) groups excluding carboxylic acids is 1. The largest absolute Gasteiger partial charge is 0.388 e. The fourth-order valence-electron chi connectivity index (χ4n) is 2.81. The van der Waals surface area contributed by atoms with Crippen molar-refractivity contribution in [3.05, 3.63) is 59.7 Å². The van der Waals surface area contributed by atoms with Crippen LogP contribution in [0.5, 0.6) is 0 Å². The Morgan fingerprint density at radius 1 is 1.27 bits per heavy atom. The highest BCUT2D eigenvalue weighted by molar-refractivity contribution is 5.92. The third-order valence-corrected chi connectivity index (χ3v) is 4.36. The summed E-state index contributed by atoms with van der Waals surface area (Å²) in [5, 5.41) is 14.4. The minimum absolute atomic E-state index is 0.180. The number of aromatic nitrogens is 4. The van der Waals surface area contributed by atoms with Crippen LogP contribution >= 0.6 is 0 Å². The van der Waals surface area contributed by atoms with Gasteiger partial charge in [-0.3, -0.25) is 4.79 Å². The number of nitrogens with zero attached hydrogens (tertiary/aromatic N) is 5. The smallest absolute Gasteiger partial charge is 0.272 e. The molecule has 0 aliphatic rings. The molecule has 1 unspecified atom stereocenters. The van der Waals surface area contributed by atoms with Gasteiger partial charge in [-0.25, -0.2) is 9.50 Å². The molecule has 0 fully saturated rings. The van der Waals surface area contributed by atoms with Gasteiger partial charge in [0.1, 0.15) is 12.0 Å². The van der Waals surface area contributed by atoms with E-state index in [1.807, 2.05) is 44.2 Å². The summed E-state index contributed by atoms with van der Waals surface area (Å²) in [5.74, 6) is 0.397. The number of fused-ring (bicyclic) bond motifs is 1. The van der Waals surface area contributed by atoms with Crippen molar-refractivity contribution in [2.45, 2.75) is 32.3 Å². The van der Waals surface area contributed by atoms with E-state index in [1.165, 1.54) is 6.33 Å². The molecule has 2 aromatic heterocycles. The van der Waals surface area contributed by atoms with Gasteiger partial charge in [0.2, 0.25) is 0 Å². The van der Waals surface area contributed by atoms with Crippen molar-refractivity contribution in [2.24, 2.45) is 0 Å². The van der Waals surface area contributed by atoms with Gasteiger partial charge in [-0.1, -0.05) is 44.2 Å². The summed E-state index contributed by atoms with van der Waals surface area (Å²) in [6.07, 6.45) is 1.28. The Kier molecular flexibility index (Phi) is 5.27. The van der Waals surface area contributed by atoms with E-state index in [0.29, 0.717) is 24.4 Å². The molecule has 0 radical (unpaired) electrons. The first-order valence-corrected chi connectivity index (χ1v) is 8.66. The standard InChI is InChI=1S/C19H23N5O2/c1-13(2)16-11-15(22-19-20-12-21-24(16)19)18(26)23(3)10-9-17(25)14-7-5-4-6-8-14/h4-8,11-13,17,25H,9-10H2,1-3H3. The van der Waals surface area contributed by atoms with Crippen LogP contribution in [0.4, 0.5) is 0 Å². The Morgan fingerprint density at radius 2 is 2.00 bits per heavy atom. The van der Waals surface area contributed by atoms with Crippen LogP contribution in [0.25, 0.3) is 5.78 Å². The normalized spacial score (nSPS) is 12.5. The summed E-state index contributed by atoms with van der Waals surface area (Å²) >= 11 is 0. The van der Waals surface area contributed by atoms with E-state index in [2.05, 4.69) is 15.1 Å². The molecule has 1 amide bonds. The van der Waals surface area contributed by atoms with Gasteiger partial charge in [0, 0.05) is 13.6 Å². The number of benzene rings is 1. The quantitative estimate of drug-likeness (QED) is 0.736. The number of carbonyl (C=O) groups is 1. The SMILES string of the molecule is CC(C)c1cc(C(=O)N(C)CCC(O)c2ccccc2)nc2ncnn12. The van der Waals surface area contributed by atoms with Crippen LogP contribution in [-0.4, -0.2) is 49.1 Å². The van der Waals surface area contributed by atoms with Crippen molar-refractivity contribution in [1.82, 2.24) is 24.5 Å². The van der Waals surface area contributed by atoms with E-state index in [-0.39, 0.29) is 11.8 Å². The van der Waals surface area contributed by atoms with E-state index in [0.717, 1.165) is 11.3 Å². The molecule has 3 aromatic rings. The maximum atomic E-state index is 12.8. The third kappa shape index (κ3) is 3.72. The summed E-state index contributed by atoms with van der Waals surface area (Å²) in [6.45, 7) is 4.49. The van der Waals surface area contributed by atoms with E-state index in [4.69, 9.17) is 0 Å². The summed E-state index contributed by atoms with van der Waals surface area (Å²) in [4.78, 5) is 22.8. The lowest BCUT2D eigenvalue weighted by Gasteiger charge is -2.20. The highest BCUT2D eigenvalue weighted by Crippen LogP contribution is 2.18. The molecular weight excluding hydrogens is 330 g/mol. The van der Waals surface area contributed by atoms with Crippen LogP contribution in [0.2, 0.25) is 0 Å². The zero-order valence-corrected chi connectivity index (χ0v) is 15.2. The topological polar surface area (TPSA) is 83.6 Å². The lowest BCUT2D eigenvalue weighted by atomic mass is 10.1. The van der Waals surface area contributed by atoms with Crippen LogP contribution in [0, 0.1) is 0 Å². The summed E-state index contributed by atoms with van der Waals surface area (Å²) in [5.41, 5.74) is 2.07. The lowest BCUT2D eigenvalue weighted by molar-refractivity contribution is 0.0755. The summed E-state index contributed by atoms with van der Waals surface area (Å²) in [6, 6.07) is 11.2. The van der Waals surface area contributed by atoms with Gasteiger partial charge in [-0.2, -0.15) is 10.1 Å². The van der Waals surface area contributed by atoms with Crippen molar-refractivity contribution in [3.63, 3.8) is 0 Å². The number of aliphatic hydroxyl groups excluding tert-OH is 1. The zero-order chi connectivity index (χ0) is 18.7. The fourth-order valence-corrected chi connectivity index (χ4v) is 2.81. The molecule has 7 heteroatoms. The van der Waals surface area contributed by atoms with Crippen LogP contribution in [0.15, 0.2) is 42.7 Å². The fraction of sp³-hybridized carbons (Fsp3) is 0.368. The second kappa shape index (κ2) is 7.61. The van der Waals surface area contributed by atoms with Crippen molar-refractivity contribution >= 4 is 11.7 Å². The van der Waals surface area contributed by atoms with Gasteiger partial charge in [0.25, 0.3) is 11.7 Å². The molecule has 1 N–H and O–H groups in total. The van der Waals surface area contributed by atoms with Crippen LogP contribution in [-0.2, 0) is 0 Å². The molecule has 0 spiro atoms. The molecule has 136 valence electrons. The first-order valence-electron chi connectivity index (χ1n) is 8.66. The number of hydrogen-bond acceptors (Lipinski definition) is 5. The molecule has 1 aromatic carbocycles. The van der Waals surface area contributed by atoms with Gasteiger partial charge in [-0.05, 0) is 24.0 Å². The van der Waals surface area contributed by atoms with Crippen molar-refractivity contribution in [1.29, 1.82) is 0 Å². The average molecular weight is 353 g/mol. The Hall–Kier alpha value is -2.80. The van der Waals surface area contributed by atoms with Gasteiger partial charge >= 0.3 is 0 Å². The maximum Gasteiger partial charge on any atom is 0.272 e. The number of hydrogen-bond donors (Lipinski definition) is 1. The maximum absolute atomic E-state index is 12.8. The minimum Gasteiger partial charge on any atom is -0.388 e. The first-order chi connectivity index (χ1) is 12.5. The molecule has 0 saturated heterocycles. The van der Waals surface area contributed by atoms with Gasteiger partial charge in [0.15, 0.2) is 0 Å². The molecule has 1 atom stereocenters. The van der Waals surface area contributed by atoms with Gasteiger partial charge in [-0.15, -0.1) is 0 Å². The molecule has 3 rings (SSSR count). The molecular formula is C19H23N5O2. The van der Waals surface area contributed by atoms with Crippen LogP contribution < -0.4 is 0 Å². The molecule has 0 bridgehead atoms. The predicted octanol–water partition coefficient (Wildman–Crippen LogP) is 2.44. The van der Waals surface area contributed by atoms with E-state index < -0.39 is 6.10 Å². The summed E-state index contributed by atoms with van der Waals surface area (Å²) < 4.78 is 1.65. The highest BCUT2D eigenvalue weighted by Gasteiger charge is 2.19. The van der Waals surface area contributed by atoms with E-state index >= 15 is 0 Å². The second-order valence-corrected chi connectivity index (χ2v) is 6.63. The molecule has 0 saturated carbocycles. The Bertz CT molecular complexity index is 891. The van der Waals surface area contributed by atoms with Crippen LogP contribution in [0.1, 0.15) is 54.0 Å². The number of rotatable bonds is 6. The molecule has 0 aliphatic carbocycles. The molecule has 26 heavy (non-hydrogen) atoms. The molecule has 0 aliphatic heterocycles. The Labute approximate surface area is 152 Å². The van der Waals surface area contributed by atoms with Gasteiger partial charge < -0.3 is 10.0 Å². The number of amides is 1. The average Bonchev–Trinajstić information content (AvgIpc) is 3.13. The van der Waals surface area contributed by atoms with Crippen molar-refractivity contribution in [2.75, 3.05) is 13.6 Å².